The van der Waals surface area contributed by atoms with Crippen LogP contribution in [0.4, 0.5) is 0 Å². The predicted molar refractivity (Wildman–Crippen MR) is 80.2 cm³/mol. The molecule has 1 spiro atoms. The highest BCUT2D eigenvalue weighted by molar-refractivity contribution is 7.99. The molecule has 20 heavy (non-hydrogen) atoms. The Balaban J connectivity index is 1.70. The molecule has 3 fully saturated rings. The lowest BCUT2D eigenvalue weighted by Crippen LogP contribution is -2.56. The molecule has 0 aromatic rings. The highest BCUT2D eigenvalue weighted by Crippen LogP contribution is 2.40. The molecule has 3 heterocycles. The third-order valence-electron chi connectivity index (χ3n) is 5.17. The van der Waals surface area contributed by atoms with Gasteiger partial charge in [0.05, 0.1) is 5.60 Å². The SMILES string of the molecule is O=C(O)C1CCCCN1C1CCOC2(CCSCC2)C1. The second-order valence-corrected chi connectivity index (χ2v) is 7.60. The fourth-order valence-corrected chi connectivity index (χ4v) is 5.27. The lowest BCUT2D eigenvalue weighted by atomic mass is 9.83. The molecule has 114 valence electrons. The highest BCUT2D eigenvalue weighted by Gasteiger charge is 2.43. The van der Waals surface area contributed by atoms with E-state index < -0.39 is 5.97 Å². The number of likely N-dealkylation sites (tertiary alicyclic amines) is 1. The Bertz CT molecular complexity index is 352. The van der Waals surface area contributed by atoms with Crippen LogP contribution in [0.15, 0.2) is 0 Å². The van der Waals surface area contributed by atoms with Gasteiger partial charge in [0.15, 0.2) is 0 Å². The summed E-state index contributed by atoms with van der Waals surface area (Å²) < 4.78 is 6.14. The summed E-state index contributed by atoms with van der Waals surface area (Å²) in [5.74, 6) is 1.74. The summed E-state index contributed by atoms with van der Waals surface area (Å²) >= 11 is 2.02. The number of rotatable bonds is 2. The monoisotopic (exact) mass is 299 g/mol. The number of piperidine rings is 1. The molecule has 2 atom stereocenters. The highest BCUT2D eigenvalue weighted by atomic mass is 32.2. The summed E-state index contributed by atoms with van der Waals surface area (Å²) in [4.78, 5) is 13.8. The number of carbonyl (C=O) groups is 1. The average Bonchev–Trinajstić information content (AvgIpc) is 2.48. The molecule has 3 rings (SSSR count). The molecule has 3 aliphatic rings. The lowest BCUT2D eigenvalue weighted by molar-refractivity contribution is -0.152. The second-order valence-electron chi connectivity index (χ2n) is 6.38. The molecular weight excluding hydrogens is 274 g/mol. The molecule has 4 nitrogen and oxygen atoms in total. The largest absolute Gasteiger partial charge is 0.480 e. The number of hydrogen-bond donors (Lipinski definition) is 1. The quantitative estimate of drug-likeness (QED) is 0.848. The van der Waals surface area contributed by atoms with Gasteiger partial charge < -0.3 is 9.84 Å². The van der Waals surface area contributed by atoms with Gasteiger partial charge in [0.25, 0.3) is 0 Å². The van der Waals surface area contributed by atoms with Crippen molar-refractivity contribution in [3.63, 3.8) is 0 Å². The predicted octanol–water partition coefficient (Wildman–Crippen LogP) is 2.37. The number of aliphatic carboxylic acids is 1. The zero-order chi connectivity index (χ0) is 14.0. The van der Waals surface area contributed by atoms with E-state index >= 15 is 0 Å². The van der Waals surface area contributed by atoms with Crippen LogP contribution in [0.5, 0.6) is 0 Å². The summed E-state index contributed by atoms with van der Waals surface area (Å²) in [6, 6.07) is 0.148. The van der Waals surface area contributed by atoms with Crippen LogP contribution in [0.3, 0.4) is 0 Å². The van der Waals surface area contributed by atoms with Crippen LogP contribution >= 0.6 is 11.8 Å². The first-order valence-electron chi connectivity index (χ1n) is 7.90. The van der Waals surface area contributed by atoms with E-state index in [1.165, 1.54) is 11.5 Å². The minimum absolute atomic E-state index is 0.0503. The Morgan fingerprint density at radius 2 is 2.05 bits per heavy atom. The minimum atomic E-state index is -0.635. The summed E-state index contributed by atoms with van der Waals surface area (Å²) in [5, 5.41) is 9.46. The zero-order valence-corrected chi connectivity index (χ0v) is 12.9. The fourth-order valence-electron chi connectivity index (χ4n) is 4.03. The smallest absolute Gasteiger partial charge is 0.320 e. The van der Waals surface area contributed by atoms with Crippen LogP contribution in [0.1, 0.15) is 44.9 Å². The number of thioether (sulfide) groups is 1. The molecule has 1 N–H and O–H groups in total. The topological polar surface area (TPSA) is 49.8 Å². The van der Waals surface area contributed by atoms with Gasteiger partial charge in [-0.05, 0) is 56.6 Å². The molecule has 0 saturated carbocycles. The van der Waals surface area contributed by atoms with Crippen LogP contribution < -0.4 is 0 Å². The maximum atomic E-state index is 11.5. The molecule has 5 heteroatoms. The number of carboxylic acids is 1. The van der Waals surface area contributed by atoms with Gasteiger partial charge in [-0.25, -0.2) is 0 Å². The van der Waals surface area contributed by atoms with Gasteiger partial charge in [-0.1, -0.05) is 6.42 Å². The van der Waals surface area contributed by atoms with Crippen molar-refractivity contribution in [2.24, 2.45) is 0 Å². The third-order valence-corrected chi connectivity index (χ3v) is 6.15. The molecule has 0 amide bonds. The van der Waals surface area contributed by atoms with Gasteiger partial charge >= 0.3 is 5.97 Å². The maximum absolute atomic E-state index is 11.5. The van der Waals surface area contributed by atoms with Gasteiger partial charge in [0, 0.05) is 12.6 Å². The van der Waals surface area contributed by atoms with Crippen molar-refractivity contribution < 1.29 is 14.6 Å². The number of ether oxygens (including phenoxy) is 1. The number of hydrogen-bond acceptors (Lipinski definition) is 4. The Morgan fingerprint density at radius 1 is 1.25 bits per heavy atom. The van der Waals surface area contributed by atoms with Gasteiger partial charge in [0.2, 0.25) is 0 Å². The first-order valence-corrected chi connectivity index (χ1v) is 9.06. The second kappa shape index (κ2) is 6.24. The molecule has 3 saturated heterocycles. The first-order chi connectivity index (χ1) is 9.70. The van der Waals surface area contributed by atoms with Crippen LogP contribution in [-0.2, 0) is 9.53 Å². The van der Waals surface area contributed by atoms with E-state index in [0.717, 1.165) is 58.1 Å². The molecule has 3 aliphatic heterocycles. The van der Waals surface area contributed by atoms with Crippen molar-refractivity contribution in [3.8, 4) is 0 Å². The summed E-state index contributed by atoms with van der Waals surface area (Å²) in [7, 11) is 0. The van der Waals surface area contributed by atoms with E-state index in [-0.39, 0.29) is 11.6 Å². The zero-order valence-electron chi connectivity index (χ0n) is 12.1. The van der Waals surface area contributed by atoms with Crippen molar-refractivity contribution >= 4 is 17.7 Å². The van der Waals surface area contributed by atoms with Crippen molar-refractivity contribution in [2.75, 3.05) is 24.7 Å². The molecular formula is C15H25NO3S. The lowest BCUT2D eigenvalue weighted by Gasteiger charge is -2.48. The van der Waals surface area contributed by atoms with Crippen LogP contribution in [-0.4, -0.2) is 58.3 Å². The fraction of sp³-hybridized carbons (Fsp3) is 0.933. The van der Waals surface area contributed by atoms with Crippen LogP contribution in [0.2, 0.25) is 0 Å². The molecule has 0 aromatic carbocycles. The summed E-state index contributed by atoms with van der Waals surface area (Å²) in [6.07, 6.45) is 7.33. The normalized spacial score (nSPS) is 35.0. The van der Waals surface area contributed by atoms with Crippen LogP contribution in [0.25, 0.3) is 0 Å². The number of carboxylic acid groups (broad SMARTS) is 1. The van der Waals surface area contributed by atoms with E-state index in [1.807, 2.05) is 11.8 Å². The third kappa shape index (κ3) is 3.00. The summed E-state index contributed by atoms with van der Waals surface area (Å²) in [5.41, 5.74) is 0.0503. The van der Waals surface area contributed by atoms with Crippen molar-refractivity contribution in [3.05, 3.63) is 0 Å². The van der Waals surface area contributed by atoms with Crippen molar-refractivity contribution in [2.45, 2.75) is 62.6 Å². The van der Waals surface area contributed by atoms with Crippen molar-refractivity contribution in [1.29, 1.82) is 0 Å². The average molecular weight is 299 g/mol. The standard InChI is InChI=1S/C15H25NO3S/c17-14(18)13-3-1-2-7-16(13)12-4-8-19-15(11-12)5-9-20-10-6-15/h12-13H,1-11H2,(H,17,18). The minimum Gasteiger partial charge on any atom is -0.480 e. The van der Waals surface area contributed by atoms with Gasteiger partial charge in [-0.15, -0.1) is 0 Å². The van der Waals surface area contributed by atoms with E-state index in [0.29, 0.717) is 6.04 Å². The number of nitrogens with zero attached hydrogens (tertiary/aromatic N) is 1. The van der Waals surface area contributed by atoms with Crippen LogP contribution in [0, 0.1) is 0 Å². The van der Waals surface area contributed by atoms with Crippen molar-refractivity contribution in [1.82, 2.24) is 4.90 Å². The van der Waals surface area contributed by atoms with E-state index in [2.05, 4.69) is 4.90 Å². The van der Waals surface area contributed by atoms with Gasteiger partial charge in [-0.3, -0.25) is 9.69 Å². The Kier molecular flexibility index (Phi) is 4.58. The van der Waals surface area contributed by atoms with E-state index in [9.17, 15) is 9.90 Å². The van der Waals surface area contributed by atoms with E-state index in [1.54, 1.807) is 0 Å². The molecule has 2 unspecified atom stereocenters. The molecule has 0 aromatic heterocycles. The molecule has 0 aliphatic carbocycles. The Hall–Kier alpha value is -0.260. The Morgan fingerprint density at radius 3 is 2.80 bits per heavy atom. The first kappa shape index (κ1) is 14.7. The summed E-state index contributed by atoms with van der Waals surface area (Å²) in [6.45, 7) is 1.75. The molecule has 0 bridgehead atoms. The van der Waals surface area contributed by atoms with Gasteiger partial charge in [-0.2, -0.15) is 11.8 Å². The van der Waals surface area contributed by atoms with E-state index in [4.69, 9.17) is 4.74 Å². The Labute approximate surface area is 125 Å². The molecule has 0 radical (unpaired) electrons. The maximum Gasteiger partial charge on any atom is 0.320 e. The van der Waals surface area contributed by atoms with Gasteiger partial charge in [0.1, 0.15) is 6.04 Å².